The molecule has 2 heteroatoms. The van der Waals surface area contributed by atoms with E-state index < -0.39 is 4.93 Å². The van der Waals surface area contributed by atoms with Crippen molar-refractivity contribution in [1.29, 1.82) is 0 Å². The van der Waals surface area contributed by atoms with Crippen molar-refractivity contribution in [2.24, 2.45) is 5.92 Å². The Kier molecular flexibility index (Phi) is 2.84. The van der Waals surface area contributed by atoms with Gasteiger partial charge in [0, 0.05) is 5.92 Å². The Bertz CT molecular complexity index is 288. The molecule has 76 valence electrons. The summed E-state index contributed by atoms with van der Waals surface area (Å²) in [4.78, 5) is -0.933. The van der Waals surface area contributed by atoms with Crippen molar-refractivity contribution in [2.45, 2.75) is 30.6 Å². The Morgan fingerprint density at radius 1 is 1.14 bits per heavy atom. The Hall–Kier alpha value is -0.470. The van der Waals surface area contributed by atoms with Crippen molar-refractivity contribution >= 4 is 12.6 Å². The van der Waals surface area contributed by atoms with Crippen LogP contribution in [-0.2, 0) is 4.93 Å². The van der Waals surface area contributed by atoms with E-state index >= 15 is 0 Å². The van der Waals surface area contributed by atoms with E-state index in [1.165, 1.54) is 12.8 Å². The number of thiol groups is 1. The maximum absolute atomic E-state index is 10.3. The summed E-state index contributed by atoms with van der Waals surface area (Å²) in [5.41, 5.74) is 0.926. The molecule has 0 bridgehead atoms. The van der Waals surface area contributed by atoms with E-state index in [9.17, 15) is 5.11 Å². The summed E-state index contributed by atoms with van der Waals surface area (Å²) in [6, 6.07) is 9.76. The van der Waals surface area contributed by atoms with E-state index in [0.29, 0.717) is 5.92 Å². The van der Waals surface area contributed by atoms with E-state index in [0.717, 1.165) is 18.4 Å². The molecule has 0 spiro atoms. The van der Waals surface area contributed by atoms with Crippen LogP contribution in [0.2, 0.25) is 0 Å². The van der Waals surface area contributed by atoms with Gasteiger partial charge in [0.15, 0.2) is 0 Å². The van der Waals surface area contributed by atoms with E-state index in [1.54, 1.807) is 0 Å². The molecule has 0 radical (unpaired) electrons. The van der Waals surface area contributed by atoms with Crippen molar-refractivity contribution in [1.82, 2.24) is 0 Å². The van der Waals surface area contributed by atoms with E-state index in [-0.39, 0.29) is 0 Å². The Balaban J connectivity index is 2.22. The average molecular weight is 208 g/mol. The zero-order valence-corrected chi connectivity index (χ0v) is 9.08. The molecule has 0 aliphatic heterocycles. The first-order chi connectivity index (χ1) is 6.71. The van der Waals surface area contributed by atoms with Gasteiger partial charge >= 0.3 is 0 Å². The highest BCUT2D eigenvalue weighted by Gasteiger charge is 2.36. The number of benzene rings is 1. The van der Waals surface area contributed by atoms with E-state index in [2.05, 4.69) is 12.6 Å². The van der Waals surface area contributed by atoms with Crippen LogP contribution in [0.5, 0.6) is 0 Å². The molecule has 1 aliphatic carbocycles. The number of rotatable bonds is 2. The highest BCUT2D eigenvalue weighted by molar-refractivity contribution is 7.81. The fourth-order valence-electron chi connectivity index (χ4n) is 2.25. The molecule has 1 aromatic carbocycles. The predicted octanol–water partition coefficient (Wildman–Crippen LogP) is 2.95. The Morgan fingerprint density at radius 2 is 1.71 bits per heavy atom. The van der Waals surface area contributed by atoms with Crippen LogP contribution >= 0.6 is 12.6 Å². The smallest absolute Gasteiger partial charge is 0.136 e. The maximum Gasteiger partial charge on any atom is 0.136 e. The van der Waals surface area contributed by atoms with Crippen molar-refractivity contribution in [3.8, 4) is 0 Å². The van der Waals surface area contributed by atoms with Gasteiger partial charge in [-0.3, -0.25) is 0 Å². The quantitative estimate of drug-likeness (QED) is 0.565. The van der Waals surface area contributed by atoms with Crippen LogP contribution in [0.1, 0.15) is 31.2 Å². The summed E-state index contributed by atoms with van der Waals surface area (Å²) in [6.07, 6.45) is 4.63. The molecule has 1 aliphatic rings. The summed E-state index contributed by atoms with van der Waals surface area (Å²) in [7, 11) is 0. The zero-order chi connectivity index (χ0) is 10.0. The molecule has 0 heterocycles. The molecule has 0 amide bonds. The minimum Gasteiger partial charge on any atom is -0.375 e. The second kappa shape index (κ2) is 3.95. The SMILES string of the molecule is OC(S)(c1ccccc1)C1CCCC1. The lowest BCUT2D eigenvalue weighted by Gasteiger charge is -2.29. The molecular formula is C12H16OS. The minimum atomic E-state index is -0.933. The van der Waals surface area contributed by atoms with Crippen LogP contribution in [0.3, 0.4) is 0 Å². The Labute approximate surface area is 90.6 Å². The monoisotopic (exact) mass is 208 g/mol. The zero-order valence-electron chi connectivity index (χ0n) is 8.19. The van der Waals surface area contributed by atoms with Gasteiger partial charge in [-0.15, -0.1) is 12.6 Å². The first-order valence-corrected chi connectivity index (χ1v) is 5.66. The van der Waals surface area contributed by atoms with E-state index in [1.807, 2.05) is 30.3 Å². The fourth-order valence-corrected chi connectivity index (χ4v) is 2.65. The van der Waals surface area contributed by atoms with Crippen LogP contribution in [0.4, 0.5) is 0 Å². The maximum atomic E-state index is 10.3. The average Bonchev–Trinajstić information content (AvgIpc) is 2.72. The van der Waals surface area contributed by atoms with Gasteiger partial charge in [-0.25, -0.2) is 0 Å². The van der Waals surface area contributed by atoms with Gasteiger partial charge < -0.3 is 5.11 Å². The fraction of sp³-hybridized carbons (Fsp3) is 0.500. The molecule has 2 rings (SSSR count). The van der Waals surface area contributed by atoms with Crippen molar-refractivity contribution < 1.29 is 5.11 Å². The van der Waals surface area contributed by atoms with E-state index in [4.69, 9.17) is 0 Å². The summed E-state index contributed by atoms with van der Waals surface area (Å²) < 4.78 is 0. The molecule has 0 aromatic heterocycles. The molecule has 1 N–H and O–H groups in total. The molecule has 1 fully saturated rings. The molecule has 0 saturated heterocycles. The molecule has 1 aromatic rings. The molecule has 1 nitrogen and oxygen atoms in total. The standard InChI is InChI=1S/C12H16OS/c13-12(14,11-8-4-5-9-11)10-6-2-1-3-7-10/h1-3,6-7,11,13-14H,4-5,8-9H2. The number of hydrogen-bond acceptors (Lipinski definition) is 2. The van der Waals surface area contributed by atoms with Crippen LogP contribution < -0.4 is 0 Å². The third-order valence-electron chi connectivity index (χ3n) is 3.12. The molecule has 1 unspecified atom stereocenters. The largest absolute Gasteiger partial charge is 0.375 e. The number of aliphatic hydroxyl groups is 1. The van der Waals surface area contributed by atoms with Gasteiger partial charge in [0.2, 0.25) is 0 Å². The lowest BCUT2D eigenvalue weighted by atomic mass is 9.93. The van der Waals surface area contributed by atoms with Crippen LogP contribution in [0, 0.1) is 5.92 Å². The normalized spacial score (nSPS) is 22.1. The Morgan fingerprint density at radius 3 is 2.29 bits per heavy atom. The summed E-state index contributed by atoms with van der Waals surface area (Å²) in [5.74, 6) is 0.313. The predicted molar refractivity (Wildman–Crippen MR) is 61.3 cm³/mol. The lowest BCUT2D eigenvalue weighted by molar-refractivity contribution is 0.0746. The topological polar surface area (TPSA) is 20.2 Å². The van der Waals surface area contributed by atoms with Crippen molar-refractivity contribution in [2.75, 3.05) is 0 Å². The van der Waals surface area contributed by atoms with Gasteiger partial charge in [-0.05, 0) is 18.4 Å². The molecular weight excluding hydrogens is 192 g/mol. The van der Waals surface area contributed by atoms with Gasteiger partial charge in [0.1, 0.15) is 4.93 Å². The third-order valence-corrected chi connectivity index (χ3v) is 3.75. The van der Waals surface area contributed by atoms with Crippen molar-refractivity contribution in [3.63, 3.8) is 0 Å². The summed E-state index contributed by atoms with van der Waals surface area (Å²) in [6.45, 7) is 0. The summed E-state index contributed by atoms with van der Waals surface area (Å²) >= 11 is 4.43. The van der Waals surface area contributed by atoms with Gasteiger partial charge in [0.25, 0.3) is 0 Å². The second-order valence-electron chi connectivity index (χ2n) is 4.07. The lowest BCUT2D eigenvalue weighted by Crippen LogP contribution is -2.27. The van der Waals surface area contributed by atoms with Gasteiger partial charge in [-0.1, -0.05) is 43.2 Å². The van der Waals surface area contributed by atoms with Gasteiger partial charge in [-0.2, -0.15) is 0 Å². The van der Waals surface area contributed by atoms with Crippen LogP contribution in [-0.4, -0.2) is 5.11 Å². The van der Waals surface area contributed by atoms with Gasteiger partial charge in [0.05, 0.1) is 0 Å². The highest BCUT2D eigenvalue weighted by Crippen LogP contribution is 2.42. The van der Waals surface area contributed by atoms with Crippen LogP contribution in [0.25, 0.3) is 0 Å². The third kappa shape index (κ3) is 1.82. The second-order valence-corrected chi connectivity index (χ2v) is 4.76. The van der Waals surface area contributed by atoms with Crippen LogP contribution in [0.15, 0.2) is 30.3 Å². The molecule has 1 saturated carbocycles. The number of hydrogen-bond donors (Lipinski definition) is 2. The minimum absolute atomic E-state index is 0.313. The summed E-state index contributed by atoms with van der Waals surface area (Å²) in [5, 5.41) is 10.3. The first kappa shape index (κ1) is 10.1. The van der Waals surface area contributed by atoms with Crippen molar-refractivity contribution in [3.05, 3.63) is 35.9 Å². The molecule has 14 heavy (non-hydrogen) atoms. The molecule has 1 atom stereocenters. The highest BCUT2D eigenvalue weighted by atomic mass is 32.1. The first-order valence-electron chi connectivity index (χ1n) is 5.21.